The van der Waals surface area contributed by atoms with Gasteiger partial charge in [-0.3, -0.25) is 0 Å². The van der Waals surface area contributed by atoms with Crippen LogP contribution < -0.4 is 5.32 Å². The number of rotatable bonds is 6. The van der Waals surface area contributed by atoms with Crippen molar-refractivity contribution in [3.63, 3.8) is 0 Å². The molecule has 2 N–H and O–H groups in total. The number of likely N-dealkylation sites (N-methyl/N-ethyl adjacent to an activating group) is 1. The second-order valence-corrected chi connectivity index (χ2v) is 5.37. The molecule has 0 atom stereocenters. The summed E-state index contributed by atoms with van der Waals surface area (Å²) in [5.41, 5.74) is 2.60. The van der Waals surface area contributed by atoms with E-state index in [0.717, 1.165) is 25.7 Å². The molecule has 1 heterocycles. The SMILES string of the molecule is CN(CCNC1CC1)Cc1ccc2[nH]ccc2c1. The maximum Gasteiger partial charge on any atom is 0.0454 e. The van der Waals surface area contributed by atoms with Gasteiger partial charge in [0.25, 0.3) is 0 Å². The highest BCUT2D eigenvalue weighted by atomic mass is 15.1. The van der Waals surface area contributed by atoms with Crippen molar-refractivity contribution in [2.75, 3.05) is 20.1 Å². The molecular formula is C15H21N3. The number of aromatic nitrogens is 1. The summed E-state index contributed by atoms with van der Waals surface area (Å²) in [4.78, 5) is 5.61. The van der Waals surface area contributed by atoms with E-state index < -0.39 is 0 Å². The van der Waals surface area contributed by atoms with Gasteiger partial charge in [-0.05, 0) is 49.0 Å². The second kappa shape index (κ2) is 5.12. The summed E-state index contributed by atoms with van der Waals surface area (Å²) in [6, 6.07) is 9.60. The summed E-state index contributed by atoms with van der Waals surface area (Å²) >= 11 is 0. The van der Waals surface area contributed by atoms with Crippen molar-refractivity contribution in [2.45, 2.75) is 25.4 Å². The topological polar surface area (TPSA) is 31.1 Å². The van der Waals surface area contributed by atoms with Crippen molar-refractivity contribution in [1.29, 1.82) is 0 Å². The molecule has 3 heteroatoms. The molecule has 3 nitrogen and oxygen atoms in total. The zero-order chi connectivity index (χ0) is 12.4. The Hall–Kier alpha value is -1.32. The molecule has 1 aromatic carbocycles. The third kappa shape index (κ3) is 2.92. The summed E-state index contributed by atoms with van der Waals surface area (Å²) < 4.78 is 0. The van der Waals surface area contributed by atoms with Gasteiger partial charge in [-0.1, -0.05) is 6.07 Å². The molecule has 0 aliphatic heterocycles. The molecule has 0 radical (unpaired) electrons. The van der Waals surface area contributed by atoms with Crippen LogP contribution in [-0.2, 0) is 6.54 Å². The van der Waals surface area contributed by atoms with E-state index in [1.54, 1.807) is 0 Å². The van der Waals surface area contributed by atoms with Gasteiger partial charge < -0.3 is 15.2 Å². The molecular weight excluding hydrogens is 222 g/mol. The standard InChI is InChI=1S/C15H21N3/c1-18(9-8-16-14-3-4-14)11-12-2-5-15-13(10-12)6-7-17-15/h2,5-7,10,14,16-17H,3-4,8-9,11H2,1H3. The molecule has 96 valence electrons. The number of aromatic amines is 1. The Morgan fingerprint density at radius 3 is 3.06 bits per heavy atom. The zero-order valence-corrected chi connectivity index (χ0v) is 10.9. The van der Waals surface area contributed by atoms with E-state index in [2.05, 4.69) is 46.5 Å². The maximum absolute atomic E-state index is 3.55. The van der Waals surface area contributed by atoms with Crippen LogP contribution in [0.25, 0.3) is 10.9 Å². The monoisotopic (exact) mass is 243 g/mol. The fourth-order valence-corrected chi connectivity index (χ4v) is 2.34. The molecule has 1 saturated carbocycles. The summed E-state index contributed by atoms with van der Waals surface area (Å²) in [6.07, 6.45) is 4.74. The Morgan fingerprint density at radius 1 is 1.33 bits per heavy atom. The molecule has 0 bridgehead atoms. The van der Waals surface area contributed by atoms with Crippen LogP contribution in [0.4, 0.5) is 0 Å². The number of H-pyrrole nitrogens is 1. The predicted octanol–water partition coefficient (Wildman–Crippen LogP) is 2.35. The number of nitrogens with zero attached hydrogens (tertiary/aromatic N) is 1. The Balaban J connectivity index is 1.53. The van der Waals surface area contributed by atoms with Gasteiger partial charge in [0.15, 0.2) is 0 Å². The van der Waals surface area contributed by atoms with Gasteiger partial charge in [-0.15, -0.1) is 0 Å². The fourth-order valence-electron chi connectivity index (χ4n) is 2.34. The quantitative estimate of drug-likeness (QED) is 0.816. The van der Waals surface area contributed by atoms with Crippen LogP contribution in [0.5, 0.6) is 0 Å². The lowest BCUT2D eigenvalue weighted by Gasteiger charge is -2.17. The van der Waals surface area contributed by atoms with E-state index in [-0.39, 0.29) is 0 Å². The molecule has 1 aliphatic carbocycles. The first-order chi connectivity index (χ1) is 8.81. The predicted molar refractivity (Wildman–Crippen MR) is 75.7 cm³/mol. The Bertz CT molecular complexity index is 513. The third-order valence-corrected chi connectivity index (χ3v) is 3.57. The zero-order valence-electron chi connectivity index (χ0n) is 10.9. The summed E-state index contributed by atoms with van der Waals surface area (Å²) in [5.74, 6) is 0. The minimum absolute atomic E-state index is 0.814. The van der Waals surface area contributed by atoms with Crippen LogP contribution in [0.1, 0.15) is 18.4 Å². The minimum Gasteiger partial charge on any atom is -0.361 e. The molecule has 3 rings (SSSR count). The Kier molecular flexibility index (Phi) is 3.35. The van der Waals surface area contributed by atoms with Crippen molar-refractivity contribution in [2.24, 2.45) is 0 Å². The van der Waals surface area contributed by atoms with Gasteiger partial charge in [-0.25, -0.2) is 0 Å². The average Bonchev–Trinajstić information content (AvgIpc) is 3.06. The van der Waals surface area contributed by atoms with Crippen LogP contribution in [0, 0.1) is 0 Å². The van der Waals surface area contributed by atoms with E-state index >= 15 is 0 Å². The van der Waals surface area contributed by atoms with Crippen LogP contribution in [0.15, 0.2) is 30.5 Å². The van der Waals surface area contributed by atoms with E-state index in [1.807, 2.05) is 6.20 Å². The molecule has 1 aliphatic rings. The smallest absolute Gasteiger partial charge is 0.0454 e. The highest BCUT2D eigenvalue weighted by molar-refractivity contribution is 5.79. The second-order valence-electron chi connectivity index (χ2n) is 5.37. The number of nitrogens with one attached hydrogen (secondary N) is 2. The lowest BCUT2D eigenvalue weighted by Crippen LogP contribution is -2.30. The summed E-state index contributed by atoms with van der Waals surface area (Å²) in [7, 11) is 2.19. The number of hydrogen-bond acceptors (Lipinski definition) is 2. The van der Waals surface area contributed by atoms with Crippen molar-refractivity contribution in [3.05, 3.63) is 36.0 Å². The Labute approximate surface area is 108 Å². The van der Waals surface area contributed by atoms with E-state index in [9.17, 15) is 0 Å². The minimum atomic E-state index is 0.814. The molecule has 0 amide bonds. The maximum atomic E-state index is 3.55. The van der Waals surface area contributed by atoms with Crippen molar-refractivity contribution >= 4 is 10.9 Å². The molecule has 18 heavy (non-hydrogen) atoms. The highest BCUT2D eigenvalue weighted by Crippen LogP contribution is 2.18. The van der Waals surface area contributed by atoms with Crippen molar-refractivity contribution in [3.8, 4) is 0 Å². The normalized spacial score (nSPS) is 15.7. The lowest BCUT2D eigenvalue weighted by atomic mass is 10.1. The van der Waals surface area contributed by atoms with Crippen LogP contribution >= 0.6 is 0 Å². The Morgan fingerprint density at radius 2 is 2.22 bits per heavy atom. The van der Waals surface area contributed by atoms with Gasteiger partial charge in [0.05, 0.1) is 0 Å². The number of hydrogen-bond donors (Lipinski definition) is 2. The number of fused-ring (bicyclic) bond motifs is 1. The molecule has 0 saturated heterocycles. The number of benzene rings is 1. The van der Waals surface area contributed by atoms with Gasteiger partial charge in [-0.2, -0.15) is 0 Å². The summed E-state index contributed by atoms with van der Waals surface area (Å²) in [5, 5.41) is 4.85. The lowest BCUT2D eigenvalue weighted by molar-refractivity contribution is 0.324. The van der Waals surface area contributed by atoms with Gasteiger partial charge in [0, 0.05) is 37.4 Å². The van der Waals surface area contributed by atoms with Gasteiger partial charge in [0.2, 0.25) is 0 Å². The third-order valence-electron chi connectivity index (χ3n) is 3.57. The van der Waals surface area contributed by atoms with E-state index in [1.165, 1.54) is 29.3 Å². The summed E-state index contributed by atoms with van der Waals surface area (Å²) in [6.45, 7) is 3.24. The molecule has 0 spiro atoms. The van der Waals surface area contributed by atoms with Crippen molar-refractivity contribution in [1.82, 2.24) is 15.2 Å². The molecule has 0 unspecified atom stereocenters. The highest BCUT2D eigenvalue weighted by Gasteiger charge is 2.19. The fraction of sp³-hybridized carbons (Fsp3) is 0.467. The largest absolute Gasteiger partial charge is 0.361 e. The first kappa shape index (κ1) is 11.8. The molecule has 1 fully saturated rings. The van der Waals surface area contributed by atoms with Crippen LogP contribution in [0.3, 0.4) is 0 Å². The van der Waals surface area contributed by atoms with Gasteiger partial charge in [0.1, 0.15) is 0 Å². The van der Waals surface area contributed by atoms with Crippen molar-refractivity contribution < 1.29 is 0 Å². The van der Waals surface area contributed by atoms with Gasteiger partial charge >= 0.3 is 0 Å². The van der Waals surface area contributed by atoms with E-state index in [0.29, 0.717) is 0 Å². The van der Waals surface area contributed by atoms with E-state index in [4.69, 9.17) is 0 Å². The van der Waals surface area contributed by atoms with Crippen LogP contribution in [0.2, 0.25) is 0 Å². The molecule has 1 aromatic heterocycles. The average molecular weight is 243 g/mol. The first-order valence-corrected chi connectivity index (χ1v) is 6.79. The first-order valence-electron chi connectivity index (χ1n) is 6.79. The van der Waals surface area contributed by atoms with Crippen LogP contribution in [-0.4, -0.2) is 36.1 Å². The molecule has 2 aromatic rings.